The number of hydrogen-bond acceptors (Lipinski definition) is 3. The molecule has 5 heteroatoms. The molecule has 1 aromatic carbocycles. The summed E-state index contributed by atoms with van der Waals surface area (Å²) in [6, 6.07) is 11.7. The molecule has 22 heavy (non-hydrogen) atoms. The van der Waals surface area contributed by atoms with Gasteiger partial charge in [0.1, 0.15) is 11.6 Å². The molecule has 2 rings (SSSR count). The highest BCUT2D eigenvalue weighted by Gasteiger charge is 2.04. The summed E-state index contributed by atoms with van der Waals surface area (Å²) in [7, 11) is 0. The molecule has 0 saturated heterocycles. The van der Waals surface area contributed by atoms with E-state index in [0.29, 0.717) is 18.3 Å². The van der Waals surface area contributed by atoms with E-state index in [4.69, 9.17) is 10.5 Å². The molecule has 1 heterocycles. The van der Waals surface area contributed by atoms with Gasteiger partial charge in [-0.05, 0) is 38.5 Å². The molecule has 0 aliphatic heterocycles. The smallest absolute Gasteiger partial charge is 0.194 e. The van der Waals surface area contributed by atoms with Gasteiger partial charge in [-0.1, -0.05) is 24.3 Å². The molecule has 1 aromatic heterocycles. The first-order chi connectivity index (χ1) is 10.5. The van der Waals surface area contributed by atoms with E-state index in [2.05, 4.69) is 15.3 Å². The number of aryl methyl sites for hydroxylation is 1. The van der Waals surface area contributed by atoms with Gasteiger partial charge in [-0.3, -0.25) is 0 Å². The Kier molecular flexibility index (Phi) is 5.36. The van der Waals surface area contributed by atoms with Gasteiger partial charge in [0, 0.05) is 11.8 Å². The number of aromatic nitrogens is 1. The van der Waals surface area contributed by atoms with Gasteiger partial charge in [0.05, 0.1) is 12.6 Å². The Labute approximate surface area is 131 Å². The van der Waals surface area contributed by atoms with Crippen molar-refractivity contribution in [2.75, 3.05) is 5.32 Å². The molecule has 0 bridgehead atoms. The second kappa shape index (κ2) is 7.45. The van der Waals surface area contributed by atoms with Crippen LogP contribution in [0.1, 0.15) is 25.0 Å². The number of pyridine rings is 1. The van der Waals surface area contributed by atoms with Crippen molar-refractivity contribution in [3.8, 4) is 5.75 Å². The minimum atomic E-state index is 0.123. The number of rotatable bonds is 5. The fraction of sp³-hybridized carbons (Fsp3) is 0.294. The van der Waals surface area contributed by atoms with Gasteiger partial charge in [-0.2, -0.15) is 0 Å². The molecule has 116 valence electrons. The quantitative estimate of drug-likeness (QED) is 0.657. The molecular formula is C17H22N4O. The average Bonchev–Trinajstić information content (AvgIpc) is 2.48. The summed E-state index contributed by atoms with van der Waals surface area (Å²) < 4.78 is 5.77. The predicted molar refractivity (Wildman–Crippen MR) is 90.1 cm³/mol. The number of benzene rings is 1. The number of nitrogens with one attached hydrogen (secondary N) is 1. The maximum absolute atomic E-state index is 5.90. The van der Waals surface area contributed by atoms with Crippen LogP contribution in [0.4, 0.5) is 5.82 Å². The topological polar surface area (TPSA) is 72.5 Å². The Morgan fingerprint density at radius 2 is 2.05 bits per heavy atom. The highest BCUT2D eigenvalue weighted by atomic mass is 16.5. The monoisotopic (exact) mass is 298 g/mol. The summed E-state index contributed by atoms with van der Waals surface area (Å²) in [4.78, 5) is 8.58. The molecule has 0 radical (unpaired) electrons. The summed E-state index contributed by atoms with van der Waals surface area (Å²) in [5.74, 6) is 1.84. The van der Waals surface area contributed by atoms with E-state index >= 15 is 0 Å². The van der Waals surface area contributed by atoms with E-state index in [0.717, 1.165) is 16.9 Å². The Morgan fingerprint density at radius 3 is 2.73 bits per heavy atom. The SMILES string of the molecule is Cc1ccc(NC(N)=NCc2ccccc2OC(C)C)nc1. The van der Waals surface area contributed by atoms with Gasteiger partial charge in [-0.15, -0.1) is 0 Å². The fourth-order valence-corrected chi connectivity index (χ4v) is 1.89. The van der Waals surface area contributed by atoms with Crippen LogP contribution in [0.5, 0.6) is 5.75 Å². The van der Waals surface area contributed by atoms with Crippen LogP contribution in [0.15, 0.2) is 47.6 Å². The van der Waals surface area contributed by atoms with Crippen molar-refractivity contribution in [3.05, 3.63) is 53.7 Å². The van der Waals surface area contributed by atoms with Crippen molar-refractivity contribution in [1.82, 2.24) is 4.98 Å². The first-order valence-electron chi connectivity index (χ1n) is 7.29. The van der Waals surface area contributed by atoms with Gasteiger partial charge in [-0.25, -0.2) is 9.98 Å². The molecule has 2 aromatic rings. The third kappa shape index (κ3) is 4.77. The van der Waals surface area contributed by atoms with Crippen LogP contribution in [0, 0.1) is 6.92 Å². The lowest BCUT2D eigenvalue weighted by Crippen LogP contribution is -2.23. The zero-order valence-corrected chi connectivity index (χ0v) is 13.2. The van der Waals surface area contributed by atoms with Crippen LogP contribution in [-0.4, -0.2) is 17.0 Å². The third-order valence-electron chi connectivity index (χ3n) is 2.92. The molecule has 0 atom stereocenters. The molecule has 0 unspecified atom stereocenters. The number of para-hydroxylation sites is 1. The van der Waals surface area contributed by atoms with E-state index in [1.807, 2.05) is 57.2 Å². The lowest BCUT2D eigenvalue weighted by Gasteiger charge is -2.13. The molecular weight excluding hydrogens is 276 g/mol. The molecule has 0 amide bonds. The number of anilines is 1. The molecule has 0 saturated carbocycles. The maximum Gasteiger partial charge on any atom is 0.194 e. The van der Waals surface area contributed by atoms with E-state index in [-0.39, 0.29) is 6.10 Å². The number of guanidine groups is 1. The van der Waals surface area contributed by atoms with Crippen molar-refractivity contribution in [3.63, 3.8) is 0 Å². The van der Waals surface area contributed by atoms with Gasteiger partial charge in [0.2, 0.25) is 0 Å². The van der Waals surface area contributed by atoms with Crippen LogP contribution in [0.25, 0.3) is 0 Å². The van der Waals surface area contributed by atoms with Crippen molar-refractivity contribution in [2.24, 2.45) is 10.7 Å². The van der Waals surface area contributed by atoms with Crippen molar-refractivity contribution >= 4 is 11.8 Å². The Morgan fingerprint density at radius 1 is 1.27 bits per heavy atom. The lowest BCUT2D eigenvalue weighted by atomic mass is 10.2. The van der Waals surface area contributed by atoms with E-state index < -0.39 is 0 Å². The van der Waals surface area contributed by atoms with Crippen LogP contribution < -0.4 is 15.8 Å². The number of nitrogens with two attached hydrogens (primary N) is 1. The normalized spacial score (nSPS) is 11.5. The first-order valence-corrected chi connectivity index (χ1v) is 7.29. The highest BCUT2D eigenvalue weighted by molar-refractivity contribution is 5.91. The van der Waals surface area contributed by atoms with Gasteiger partial charge < -0.3 is 15.8 Å². The van der Waals surface area contributed by atoms with Gasteiger partial charge in [0.25, 0.3) is 0 Å². The molecule has 5 nitrogen and oxygen atoms in total. The summed E-state index contributed by atoms with van der Waals surface area (Å²) in [6.45, 7) is 6.44. The predicted octanol–water partition coefficient (Wildman–Crippen LogP) is 3.10. The van der Waals surface area contributed by atoms with Crippen LogP contribution in [-0.2, 0) is 6.54 Å². The Bertz CT molecular complexity index is 635. The van der Waals surface area contributed by atoms with Crippen molar-refractivity contribution < 1.29 is 4.74 Å². The number of aliphatic imine (C=N–C) groups is 1. The summed E-state index contributed by atoms with van der Waals surface area (Å²) in [5.41, 5.74) is 8.00. The van der Waals surface area contributed by atoms with Crippen LogP contribution in [0.2, 0.25) is 0 Å². The Hall–Kier alpha value is -2.56. The van der Waals surface area contributed by atoms with Crippen LogP contribution >= 0.6 is 0 Å². The second-order valence-corrected chi connectivity index (χ2v) is 5.32. The summed E-state index contributed by atoms with van der Waals surface area (Å²) >= 11 is 0. The second-order valence-electron chi connectivity index (χ2n) is 5.32. The number of hydrogen-bond donors (Lipinski definition) is 2. The maximum atomic E-state index is 5.90. The molecule has 0 fully saturated rings. The van der Waals surface area contributed by atoms with Gasteiger partial charge >= 0.3 is 0 Å². The third-order valence-corrected chi connectivity index (χ3v) is 2.92. The van der Waals surface area contributed by atoms with E-state index in [1.165, 1.54) is 0 Å². The Balaban J connectivity index is 2.03. The summed E-state index contributed by atoms with van der Waals surface area (Å²) in [6.07, 6.45) is 1.90. The minimum Gasteiger partial charge on any atom is -0.491 e. The average molecular weight is 298 g/mol. The molecule has 0 spiro atoms. The minimum absolute atomic E-state index is 0.123. The standard InChI is InChI=1S/C17H22N4O/c1-12(2)22-15-7-5-4-6-14(15)11-20-17(18)21-16-9-8-13(3)10-19-16/h4-10,12H,11H2,1-3H3,(H3,18,19,20,21). The van der Waals surface area contributed by atoms with Crippen LogP contribution in [0.3, 0.4) is 0 Å². The number of nitrogens with zero attached hydrogens (tertiary/aromatic N) is 2. The summed E-state index contributed by atoms with van der Waals surface area (Å²) in [5, 5.41) is 2.98. The first kappa shape index (κ1) is 15.8. The van der Waals surface area contributed by atoms with E-state index in [1.54, 1.807) is 6.20 Å². The molecule has 3 N–H and O–H groups in total. The lowest BCUT2D eigenvalue weighted by molar-refractivity contribution is 0.240. The fourth-order valence-electron chi connectivity index (χ4n) is 1.89. The molecule has 0 aliphatic carbocycles. The van der Waals surface area contributed by atoms with Gasteiger partial charge in [0.15, 0.2) is 5.96 Å². The number of ether oxygens (including phenoxy) is 1. The zero-order chi connectivity index (χ0) is 15.9. The van der Waals surface area contributed by atoms with Crippen molar-refractivity contribution in [1.29, 1.82) is 0 Å². The zero-order valence-electron chi connectivity index (χ0n) is 13.2. The van der Waals surface area contributed by atoms with E-state index in [9.17, 15) is 0 Å². The molecule has 0 aliphatic rings. The van der Waals surface area contributed by atoms with Crippen molar-refractivity contribution in [2.45, 2.75) is 33.4 Å². The largest absolute Gasteiger partial charge is 0.491 e. The highest BCUT2D eigenvalue weighted by Crippen LogP contribution is 2.20.